The first-order valence-corrected chi connectivity index (χ1v) is 5.25. The molecular weight excluding hydrogens is 227 g/mol. The van der Waals surface area contributed by atoms with Gasteiger partial charge in [-0.05, 0) is 24.6 Å². The second kappa shape index (κ2) is 4.58. The zero-order valence-corrected chi connectivity index (χ0v) is 9.50. The lowest BCUT2D eigenvalue weighted by molar-refractivity contribution is 0.627. The van der Waals surface area contributed by atoms with E-state index in [0.29, 0.717) is 11.6 Å². The summed E-state index contributed by atoms with van der Waals surface area (Å²) in [6.45, 7) is 1.88. The Balaban J connectivity index is 2.30. The molecule has 0 aliphatic rings. The van der Waals surface area contributed by atoms with Gasteiger partial charge in [0.2, 0.25) is 0 Å². The lowest BCUT2D eigenvalue weighted by Gasteiger charge is -2.06. The number of halogens is 2. The monoisotopic (exact) mass is 236 g/mol. The van der Waals surface area contributed by atoms with Gasteiger partial charge in [0, 0.05) is 17.7 Å². The normalized spacial score (nSPS) is 10.4. The first-order valence-electron chi connectivity index (χ1n) is 4.87. The highest BCUT2D eigenvalue weighted by atomic mass is 35.5. The minimum Gasteiger partial charge on any atom is -0.241 e. The molecule has 2 rings (SSSR count). The highest BCUT2D eigenvalue weighted by Crippen LogP contribution is 2.19. The molecule has 0 saturated carbocycles. The van der Waals surface area contributed by atoms with Gasteiger partial charge >= 0.3 is 0 Å². The molecule has 1 aromatic carbocycles. The number of hydrogen-bond acceptors (Lipinski definition) is 2. The zero-order valence-electron chi connectivity index (χ0n) is 8.74. The van der Waals surface area contributed by atoms with Gasteiger partial charge in [0.25, 0.3) is 0 Å². The van der Waals surface area contributed by atoms with E-state index in [1.807, 2.05) is 6.92 Å². The Kier molecular flexibility index (Phi) is 3.15. The first-order chi connectivity index (χ1) is 7.66. The van der Waals surface area contributed by atoms with Crippen LogP contribution in [0, 0.1) is 12.7 Å². The molecule has 0 fully saturated rings. The summed E-state index contributed by atoms with van der Waals surface area (Å²) in [6.07, 6.45) is 2.05. The van der Waals surface area contributed by atoms with Crippen LogP contribution in [0.2, 0.25) is 5.15 Å². The van der Waals surface area contributed by atoms with E-state index in [1.165, 1.54) is 18.5 Å². The van der Waals surface area contributed by atoms with Crippen LogP contribution < -0.4 is 0 Å². The first kappa shape index (κ1) is 11.0. The summed E-state index contributed by atoms with van der Waals surface area (Å²) in [5, 5.41) is 0.455. The second-order valence-electron chi connectivity index (χ2n) is 3.53. The Morgan fingerprint density at radius 3 is 2.50 bits per heavy atom. The van der Waals surface area contributed by atoms with Crippen molar-refractivity contribution in [3.63, 3.8) is 0 Å². The smallest absolute Gasteiger partial charge is 0.136 e. The van der Waals surface area contributed by atoms with Gasteiger partial charge in [-0.2, -0.15) is 0 Å². The Labute approximate surface area is 98.1 Å². The van der Waals surface area contributed by atoms with Crippen molar-refractivity contribution in [1.29, 1.82) is 0 Å². The number of aromatic nitrogens is 2. The lowest BCUT2D eigenvalue weighted by atomic mass is 10.1. The molecule has 2 nitrogen and oxygen atoms in total. The van der Waals surface area contributed by atoms with Crippen LogP contribution in [0.1, 0.15) is 16.8 Å². The van der Waals surface area contributed by atoms with Crippen LogP contribution >= 0.6 is 11.6 Å². The maximum atomic E-state index is 12.7. The van der Waals surface area contributed by atoms with Gasteiger partial charge in [-0.3, -0.25) is 0 Å². The Bertz CT molecular complexity index is 477. The van der Waals surface area contributed by atoms with E-state index in [-0.39, 0.29) is 5.82 Å². The van der Waals surface area contributed by atoms with Gasteiger partial charge in [0.05, 0.1) is 0 Å². The highest BCUT2D eigenvalue weighted by molar-refractivity contribution is 6.30. The zero-order chi connectivity index (χ0) is 11.5. The molecule has 16 heavy (non-hydrogen) atoms. The maximum absolute atomic E-state index is 12.7. The van der Waals surface area contributed by atoms with E-state index in [0.717, 1.165) is 16.8 Å². The summed E-state index contributed by atoms with van der Waals surface area (Å²) < 4.78 is 12.7. The van der Waals surface area contributed by atoms with Crippen molar-refractivity contribution < 1.29 is 4.39 Å². The third-order valence-electron chi connectivity index (χ3n) is 2.40. The van der Waals surface area contributed by atoms with Crippen molar-refractivity contribution >= 4 is 11.6 Å². The van der Waals surface area contributed by atoms with E-state index in [9.17, 15) is 4.39 Å². The van der Waals surface area contributed by atoms with Gasteiger partial charge in [0.15, 0.2) is 0 Å². The standard InChI is InChI=1S/C12H10ClFN2/c1-8-11(12(13)16-7-15-8)6-9-2-4-10(14)5-3-9/h2-5,7H,6H2,1H3. The predicted molar refractivity (Wildman–Crippen MR) is 61.0 cm³/mol. The van der Waals surface area contributed by atoms with Crippen LogP contribution in [-0.4, -0.2) is 9.97 Å². The minimum atomic E-state index is -0.240. The molecule has 82 valence electrons. The Morgan fingerprint density at radius 2 is 1.88 bits per heavy atom. The predicted octanol–water partition coefficient (Wildman–Crippen LogP) is 3.17. The fourth-order valence-electron chi connectivity index (χ4n) is 1.48. The molecule has 0 aliphatic heterocycles. The number of hydrogen-bond donors (Lipinski definition) is 0. The van der Waals surface area contributed by atoms with Gasteiger partial charge in [0.1, 0.15) is 17.3 Å². The molecule has 2 aromatic rings. The molecule has 0 unspecified atom stereocenters. The molecule has 4 heteroatoms. The van der Waals surface area contributed by atoms with E-state index < -0.39 is 0 Å². The SMILES string of the molecule is Cc1ncnc(Cl)c1Cc1ccc(F)cc1. The molecule has 0 radical (unpaired) electrons. The molecule has 0 atom stereocenters. The number of rotatable bonds is 2. The molecule has 0 N–H and O–H groups in total. The van der Waals surface area contributed by atoms with Crippen LogP contribution in [-0.2, 0) is 6.42 Å². The number of aryl methyl sites for hydroxylation is 1. The molecule has 0 spiro atoms. The fraction of sp³-hybridized carbons (Fsp3) is 0.167. The average molecular weight is 237 g/mol. The third kappa shape index (κ3) is 2.36. The summed E-state index contributed by atoms with van der Waals surface area (Å²) in [6, 6.07) is 6.33. The molecule has 1 heterocycles. The summed E-state index contributed by atoms with van der Waals surface area (Å²) in [7, 11) is 0. The van der Waals surface area contributed by atoms with Gasteiger partial charge in [-0.25, -0.2) is 14.4 Å². The quantitative estimate of drug-likeness (QED) is 0.749. The minimum absolute atomic E-state index is 0.240. The van der Waals surface area contributed by atoms with E-state index >= 15 is 0 Å². The van der Waals surface area contributed by atoms with Gasteiger partial charge in [-0.1, -0.05) is 23.7 Å². The van der Waals surface area contributed by atoms with Crippen LogP contribution in [0.25, 0.3) is 0 Å². The summed E-state index contributed by atoms with van der Waals surface area (Å²) in [5.41, 5.74) is 2.72. The summed E-state index contributed by atoms with van der Waals surface area (Å²) >= 11 is 5.99. The molecule has 0 amide bonds. The van der Waals surface area contributed by atoms with Crippen LogP contribution in [0.3, 0.4) is 0 Å². The maximum Gasteiger partial charge on any atom is 0.136 e. The van der Waals surface area contributed by atoms with Crippen LogP contribution in [0.5, 0.6) is 0 Å². The Hall–Kier alpha value is -1.48. The highest BCUT2D eigenvalue weighted by Gasteiger charge is 2.07. The van der Waals surface area contributed by atoms with Crippen molar-refractivity contribution in [2.75, 3.05) is 0 Å². The van der Waals surface area contributed by atoms with Crippen LogP contribution in [0.4, 0.5) is 4.39 Å². The second-order valence-corrected chi connectivity index (χ2v) is 3.89. The topological polar surface area (TPSA) is 25.8 Å². The summed E-state index contributed by atoms with van der Waals surface area (Å²) in [4.78, 5) is 8.02. The molecule has 1 aromatic heterocycles. The van der Waals surface area contributed by atoms with Crippen molar-refractivity contribution in [3.05, 3.63) is 58.4 Å². The fourth-order valence-corrected chi connectivity index (χ4v) is 1.73. The summed E-state index contributed by atoms with van der Waals surface area (Å²) in [5.74, 6) is -0.240. The average Bonchev–Trinajstić information content (AvgIpc) is 2.26. The Morgan fingerprint density at radius 1 is 1.19 bits per heavy atom. The largest absolute Gasteiger partial charge is 0.241 e. The van der Waals surface area contributed by atoms with Crippen LogP contribution in [0.15, 0.2) is 30.6 Å². The van der Waals surface area contributed by atoms with Crippen molar-refractivity contribution in [2.45, 2.75) is 13.3 Å². The number of nitrogens with zero attached hydrogens (tertiary/aromatic N) is 2. The van der Waals surface area contributed by atoms with Crippen molar-refractivity contribution in [1.82, 2.24) is 9.97 Å². The van der Waals surface area contributed by atoms with E-state index in [4.69, 9.17) is 11.6 Å². The van der Waals surface area contributed by atoms with Gasteiger partial charge < -0.3 is 0 Å². The van der Waals surface area contributed by atoms with Crippen molar-refractivity contribution in [3.8, 4) is 0 Å². The van der Waals surface area contributed by atoms with Gasteiger partial charge in [-0.15, -0.1) is 0 Å². The molecule has 0 saturated heterocycles. The third-order valence-corrected chi connectivity index (χ3v) is 2.73. The molecular formula is C12H10ClFN2. The van der Waals surface area contributed by atoms with E-state index in [1.54, 1.807) is 12.1 Å². The molecule has 0 bridgehead atoms. The van der Waals surface area contributed by atoms with E-state index in [2.05, 4.69) is 9.97 Å². The molecule has 0 aliphatic carbocycles. The van der Waals surface area contributed by atoms with Crippen molar-refractivity contribution in [2.24, 2.45) is 0 Å². The lowest BCUT2D eigenvalue weighted by Crippen LogP contribution is -1.97. The number of benzene rings is 1.